The van der Waals surface area contributed by atoms with Crippen molar-refractivity contribution in [3.8, 4) is 5.88 Å². The molecule has 1 aromatic heterocycles. The summed E-state index contributed by atoms with van der Waals surface area (Å²) in [6.07, 6.45) is -4.57. The van der Waals surface area contributed by atoms with Gasteiger partial charge in [0.2, 0.25) is 11.2 Å². The van der Waals surface area contributed by atoms with Crippen LogP contribution in [0.1, 0.15) is 26.5 Å². The van der Waals surface area contributed by atoms with E-state index in [2.05, 4.69) is 9.97 Å². The first-order valence-corrected chi connectivity index (χ1v) is 4.76. The van der Waals surface area contributed by atoms with Gasteiger partial charge in [-0.25, -0.2) is 4.98 Å². The second-order valence-electron chi connectivity index (χ2n) is 4.07. The van der Waals surface area contributed by atoms with Crippen LogP contribution >= 0.6 is 11.6 Å². The highest BCUT2D eigenvalue weighted by atomic mass is 35.5. The maximum absolute atomic E-state index is 12.4. The lowest BCUT2D eigenvalue weighted by Crippen LogP contribution is -2.24. The molecule has 0 unspecified atom stereocenters. The molecule has 0 amide bonds. The molecule has 0 bridgehead atoms. The van der Waals surface area contributed by atoms with Crippen molar-refractivity contribution < 1.29 is 17.9 Å². The predicted octanol–water partition coefficient (Wildman–Crippen LogP) is 3.33. The van der Waals surface area contributed by atoms with Crippen molar-refractivity contribution in [3.05, 3.63) is 17.0 Å². The van der Waals surface area contributed by atoms with Crippen molar-refractivity contribution >= 4 is 11.6 Å². The normalized spacial score (nSPS) is 12.7. The Bertz CT molecular complexity index is 387. The second-order valence-corrected chi connectivity index (χ2v) is 4.41. The summed E-state index contributed by atoms with van der Waals surface area (Å²) in [6, 6.07) is 0.719. The van der Waals surface area contributed by atoms with Crippen molar-refractivity contribution in [1.29, 1.82) is 0 Å². The number of rotatable bonds is 1. The highest BCUT2D eigenvalue weighted by molar-refractivity contribution is 6.28. The van der Waals surface area contributed by atoms with Gasteiger partial charge in [0.25, 0.3) is 0 Å². The first-order chi connectivity index (χ1) is 7.08. The Morgan fingerprint density at radius 1 is 1.19 bits per heavy atom. The van der Waals surface area contributed by atoms with E-state index in [1.165, 1.54) is 0 Å². The van der Waals surface area contributed by atoms with Gasteiger partial charge in [-0.15, -0.1) is 0 Å². The number of alkyl halides is 3. The van der Waals surface area contributed by atoms with Crippen molar-refractivity contribution in [3.63, 3.8) is 0 Å². The highest BCUT2D eigenvalue weighted by Crippen LogP contribution is 2.30. The molecule has 0 N–H and O–H groups in total. The zero-order valence-electron chi connectivity index (χ0n) is 8.89. The van der Waals surface area contributed by atoms with Crippen LogP contribution in [0.3, 0.4) is 0 Å². The van der Waals surface area contributed by atoms with Crippen LogP contribution in [-0.2, 0) is 6.18 Å². The maximum atomic E-state index is 12.4. The number of halogens is 4. The van der Waals surface area contributed by atoms with Gasteiger partial charge in [0.1, 0.15) is 5.60 Å². The Labute approximate surface area is 95.6 Å². The van der Waals surface area contributed by atoms with E-state index in [-0.39, 0.29) is 5.88 Å². The van der Waals surface area contributed by atoms with Gasteiger partial charge in [-0.1, -0.05) is 0 Å². The zero-order chi connectivity index (χ0) is 12.6. The summed E-state index contributed by atoms with van der Waals surface area (Å²) < 4.78 is 42.3. The summed E-state index contributed by atoms with van der Waals surface area (Å²) in [6.45, 7) is 5.07. The Kier molecular flexibility index (Phi) is 3.33. The monoisotopic (exact) mass is 254 g/mol. The first kappa shape index (κ1) is 13.0. The molecule has 0 aromatic carbocycles. The van der Waals surface area contributed by atoms with Crippen molar-refractivity contribution in [2.24, 2.45) is 0 Å². The molecule has 0 saturated heterocycles. The fourth-order valence-electron chi connectivity index (χ4n) is 0.908. The Hall–Kier alpha value is -1.04. The van der Waals surface area contributed by atoms with Gasteiger partial charge in [-0.05, 0) is 32.4 Å². The Morgan fingerprint density at radius 2 is 1.75 bits per heavy atom. The fraction of sp³-hybridized carbons (Fsp3) is 0.556. The number of ether oxygens (including phenoxy) is 1. The standard InChI is InChI=1S/C9H10ClF3N2O/c1-8(2,3)16-6-4-5(9(11,12)13)14-7(10)15-6/h4H,1-3H3. The van der Waals surface area contributed by atoms with Crippen molar-refractivity contribution in [2.45, 2.75) is 32.5 Å². The second kappa shape index (κ2) is 4.08. The molecule has 1 heterocycles. The minimum Gasteiger partial charge on any atom is -0.472 e. The highest BCUT2D eigenvalue weighted by Gasteiger charge is 2.34. The quantitative estimate of drug-likeness (QED) is 0.721. The summed E-state index contributed by atoms with van der Waals surface area (Å²) in [5, 5.41) is -0.492. The molecule has 1 rings (SSSR count). The van der Waals surface area contributed by atoms with Crippen LogP contribution in [0.15, 0.2) is 6.07 Å². The molecule has 0 spiro atoms. The molecule has 7 heteroatoms. The topological polar surface area (TPSA) is 35.0 Å². The van der Waals surface area contributed by atoms with Crippen molar-refractivity contribution in [2.75, 3.05) is 0 Å². The molecular formula is C9H10ClF3N2O. The van der Waals surface area contributed by atoms with E-state index < -0.39 is 22.8 Å². The molecule has 0 aliphatic rings. The number of nitrogens with zero attached hydrogens (tertiary/aromatic N) is 2. The molecule has 90 valence electrons. The molecular weight excluding hydrogens is 245 g/mol. The third kappa shape index (κ3) is 3.84. The third-order valence-electron chi connectivity index (χ3n) is 1.38. The van der Waals surface area contributed by atoms with Crippen LogP contribution in [0, 0.1) is 0 Å². The molecule has 0 aliphatic heterocycles. The molecule has 0 atom stereocenters. The lowest BCUT2D eigenvalue weighted by molar-refractivity contribution is -0.141. The molecule has 0 aliphatic carbocycles. The van der Waals surface area contributed by atoms with Crippen LogP contribution < -0.4 is 4.74 Å². The largest absolute Gasteiger partial charge is 0.472 e. The summed E-state index contributed by atoms with van der Waals surface area (Å²) in [5.74, 6) is -0.195. The molecule has 3 nitrogen and oxygen atoms in total. The fourth-order valence-corrected chi connectivity index (χ4v) is 1.08. The lowest BCUT2D eigenvalue weighted by Gasteiger charge is -2.20. The molecule has 1 aromatic rings. The Morgan fingerprint density at radius 3 is 2.19 bits per heavy atom. The summed E-state index contributed by atoms with van der Waals surface area (Å²) in [5.41, 5.74) is -1.77. The average Bonchev–Trinajstić information content (AvgIpc) is 1.97. The third-order valence-corrected chi connectivity index (χ3v) is 1.55. The lowest BCUT2D eigenvalue weighted by atomic mass is 10.2. The summed E-state index contributed by atoms with van der Waals surface area (Å²) >= 11 is 5.38. The summed E-state index contributed by atoms with van der Waals surface area (Å²) in [7, 11) is 0. The van der Waals surface area contributed by atoms with E-state index in [1.54, 1.807) is 20.8 Å². The minimum atomic E-state index is -4.57. The molecule has 0 saturated carbocycles. The number of hydrogen-bond acceptors (Lipinski definition) is 3. The van der Waals surface area contributed by atoms with Gasteiger partial charge in [-0.3, -0.25) is 0 Å². The number of hydrogen-bond donors (Lipinski definition) is 0. The van der Waals surface area contributed by atoms with Crippen LogP contribution in [0.25, 0.3) is 0 Å². The SMILES string of the molecule is CC(C)(C)Oc1cc(C(F)(F)F)nc(Cl)n1. The predicted molar refractivity (Wildman–Crippen MR) is 52.4 cm³/mol. The van der Waals surface area contributed by atoms with Gasteiger partial charge < -0.3 is 4.74 Å². The van der Waals surface area contributed by atoms with E-state index in [0.29, 0.717) is 0 Å². The van der Waals surface area contributed by atoms with Gasteiger partial charge in [-0.2, -0.15) is 18.2 Å². The van der Waals surface area contributed by atoms with Crippen LogP contribution in [0.4, 0.5) is 13.2 Å². The van der Waals surface area contributed by atoms with E-state index in [1.807, 2.05) is 0 Å². The zero-order valence-corrected chi connectivity index (χ0v) is 9.65. The van der Waals surface area contributed by atoms with E-state index in [0.717, 1.165) is 6.07 Å². The van der Waals surface area contributed by atoms with Crippen LogP contribution in [-0.4, -0.2) is 15.6 Å². The van der Waals surface area contributed by atoms with E-state index in [4.69, 9.17) is 16.3 Å². The number of aromatic nitrogens is 2. The van der Waals surface area contributed by atoms with E-state index in [9.17, 15) is 13.2 Å². The molecule has 16 heavy (non-hydrogen) atoms. The maximum Gasteiger partial charge on any atom is 0.433 e. The molecule has 0 fully saturated rings. The van der Waals surface area contributed by atoms with Crippen molar-refractivity contribution in [1.82, 2.24) is 9.97 Å². The van der Waals surface area contributed by atoms with Gasteiger partial charge in [0.05, 0.1) is 0 Å². The average molecular weight is 255 g/mol. The van der Waals surface area contributed by atoms with Gasteiger partial charge >= 0.3 is 6.18 Å². The summed E-state index contributed by atoms with van der Waals surface area (Å²) in [4.78, 5) is 6.65. The molecule has 0 radical (unpaired) electrons. The minimum absolute atomic E-state index is 0.195. The van der Waals surface area contributed by atoms with Crippen LogP contribution in [0.5, 0.6) is 5.88 Å². The van der Waals surface area contributed by atoms with Gasteiger partial charge in [0, 0.05) is 6.07 Å². The Balaban J connectivity index is 3.09. The van der Waals surface area contributed by atoms with Crippen LogP contribution in [0.2, 0.25) is 5.28 Å². The first-order valence-electron chi connectivity index (χ1n) is 4.39. The van der Waals surface area contributed by atoms with E-state index >= 15 is 0 Å². The smallest absolute Gasteiger partial charge is 0.433 e. The van der Waals surface area contributed by atoms with Gasteiger partial charge in [0.15, 0.2) is 5.69 Å².